The highest BCUT2D eigenvalue weighted by molar-refractivity contribution is 7.22. The Morgan fingerprint density at radius 3 is 2.90 bits per heavy atom. The molecule has 0 fully saturated rings. The Hall–Kier alpha value is -1.37. The number of thiazole rings is 1. The second kappa shape index (κ2) is 7.06. The van der Waals surface area contributed by atoms with Gasteiger partial charge in [-0.2, -0.15) is 0 Å². The maximum Gasteiger partial charge on any atom is 0.243 e. The molecule has 7 heteroatoms. The van der Waals surface area contributed by atoms with Crippen molar-refractivity contribution in [1.82, 2.24) is 4.98 Å². The molecule has 0 aliphatic heterocycles. The first-order chi connectivity index (χ1) is 9.99. The van der Waals surface area contributed by atoms with Crippen LogP contribution in [0.15, 0.2) is 18.2 Å². The molecule has 1 amide bonds. The van der Waals surface area contributed by atoms with E-state index in [0.29, 0.717) is 11.7 Å². The van der Waals surface area contributed by atoms with E-state index in [1.165, 1.54) is 11.3 Å². The Balaban J connectivity index is 2.14. The van der Waals surface area contributed by atoms with Crippen LogP contribution >= 0.6 is 22.9 Å². The molecule has 21 heavy (non-hydrogen) atoms. The molecule has 2 rings (SSSR count). The second-order valence-corrected chi connectivity index (χ2v) is 6.32. The summed E-state index contributed by atoms with van der Waals surface area (Å²) in [6, 6.07) is 5.61. The summed E-state index contributed by atoms with van der Waals surface area (Å²) >= 11 is 7.11. The maximum atomic E-state index is 11.6. The number of benzene rings is 1. The van der Waals surface area contributed by atoms with E-state index in [1.54, 1.807) is 14.0 Å². The van der Waals surface area contributed by atoms with E-state index < -0.39 is 5.38 Å². The predicted octanol–water partition coefficient (Wildman–Crippen LogP) is 3.28. The molecule has 2 aromatic rings. The van der Waals surface area contributed by atoms with Crippen LogP contribution in [-0.2, 0) is 9.53 Å². The van der Waals surface area contributed by atoms with Crippen molar-refractivity contribution in [3.05, 3.63) is 18.2 Å². The van der Waals surface area contributed by atoms with E-state index in [9.17, 15) is 4.79 Å². The van der Waals surface area contributed by atoms with Gasteiger partial charge in [-0.1, -0.05) is 11.3 Å². The monoisotopic (exact) mass is 328 g/mol. The number of methoxy groups -OCH3 is 1. The quantitative estimate of drug-likeness (QED) is 0.827. The number of carbonyl (C=O) groups is 1. The minimum Gasteiger partial charge on any atom is -0.488 e. The fourth-order valence-electron chi connectivity index (χ4n) is 1.74. The van der Waals surface area contributed by atoms with Gasteiger partial charge in [-0.3, -0.25) is 4.79 Å². The smallest absolute Gasteiger partial charge is 0.243 e. The lowest BCUT2D eigenvalue weighted by Crippen LogP contribution is -2.19. The Morgan fingerprint density at radius 1 is 1.48 bits per heavy atom. The molecular weight excluding hydrogens is 312 g/mol. The fourth-order valence-corrected chi connectivity index (χ4v) is 2.69. The molecule has 1 heterocycles. The van der Waals surface area contributed by atoms with Crippen LogP contribution in [0.5, 0.6) is 5.75 Å². The summed E-state index contributed by atoms with van der Waals surface area (Å²) in [5, 5.41) is 2.63. The zero-order chi connectivity index (χ0) is 15.4. The molecule has 2 atom stereocenters. The van der Waals surface area contributed by atoms with Gasteiger partial charge in [-0.05, 0) is 32.0 Å². The van der Waals surface area contributed by atoms with E-state index in [4.69, 9.17) is 21.1 Å². The van der Waals surface area contributed by atoms with Crippen molar-refractivity contribution in [3.8, 4) is 5.75 Å². The zero-order valence-electron chi connectivity index (χ0n) is 12.1. The number of nitrogens with zero attached hydrogens (tertiary/aromatic N) is 1. The van der Waals surface area contributed by atoms with Crippen LogP contribution in [0, 0.1) is 0 Å². The van der Waals surface area contributed by atoms with E-state index in [1.807, 2.05) is 25.1 Å². The van der Waals surface area contributed by atoms with Crippen LogP contribution in [0.25, 0.3) is 10.2 Å². The lowest BCUT2D eigenvalue weighted by atomic mass is 10.3. The molecule has 5 nitrogen and oxygen atoms in total. The van der Waals surface area contributed by atoms with Crippen LogP contribution in [0.3, 0.4) is 0 Å². The molecule has 0 aliphatic rings. The highest BCUT2D eigenvalue weighted by Gasteiger charge is 2.13. The average Bonchev–Trinajstić information content (AvgIpc) is 2.80. The van der Waals surface area contributed by atoms with Crippen molar-refractivity contribution in [1.29, 1.82) is 0 Å². The lowest BCUT2D eigenvalue weighted by Gasteiger charge is -2.13. The minimum atomic E-state index is -0.592. The Labute approximate surface area is 132 Å². The number of hydrogen-bond donors (Lipinski definition) is 1. The van der Waals surface area contributed by atoms with Crippen LogP contribution < -0.4 is 10.1 Å². The van der Waals surface area contributed by atoms with Gasteiger partial charge in [0.2, 0.25) is 5.91 Å². The summed E-state index contributed by atoms with van der Waals surface area (Å²) in [4.78, 5) is 15.9. The number of rotatable bonds is 6. The molecule has 0 radical (unpaired) electrons. The molecule has 1 aromatic carbocycles. The summed E-state index contributed by atoms with van der Waals surface area (Å²) in [6.45, 7) is 4.08. The first kappa shape index (κ1) is 16.0. The van der Waals surface area contributed by atoms with E-state index >= 15 is 0 Å². The Bertz CT molecular complexity index is 630. The van der Waals surface area contributed by atoms with Gasteiger partial charge < -0.3 is 14.8 Å². The van der Waals surface area contributed by atoms with Crippen molar-refractivity contribution in [2.75, 3.05) is 19.0 Å². The first-order valence-electron chi connectivity index (χ1n) is 6.50. The highest BCUT2D eigenvalue weighted by atomic mass is 35.5. The normalized spacial score (nSPS) is 13.9. The number of nitrogens with one attached hydrogen (secondary N) is 1. The predicted molar refractivity (Wildman–Crippen MR) is 85.5 cm³/mol. The highest BCUT2D eigenvalue weighted by Crippen LogP contribution is 2.29. The third-order valence-corrected chi connectivity index (χ3v) is 3.82. The topological polar surface area (TPSA) is 60.5 Å². The number of carbonyl (C=O) groups excluding carboxylic acids is 1. The number of aromatic nitrogens is 1. The molecule has 114 valence electrons. The van der Waals surface area contributed by atoms with Gasteiger partial charge in [0.1, 0.15) is 17.2 Å². The summed E-state index contributed by atoms with van der Waals surface area (Å²) in [7, 11) is 1.64. The van der Waals surface area contributed by atoms with Crippen molar-refractivity contribution < 1.29 is 14.3 Å². The number of hydrogen-bond acceptors (Lipinski definition) is 5. The molecule has 0 spiro atoms. The number of alkyl halides is 1. The second-order valence-electron chi connectivity index (χ2n) is 4.64. The lowest BCUT2D eigenvalue weighted by molar-refractivity contribution is -0.115. The molecule has 0 saturated heterocycles. The first-order valence-corrected chi connectivity index (χ1v) is 7.76. The van der Waals surface area contributed by atoms with E-state index in [0.717, 1.165) is 16.0 Å². The van der Waals surface area contributed by atoms with Gasteiger partial charge in [-0.15, -0.1) is 11.6 Å². The van der Waals surface area contributed by atoms with Crippen LogP contribution in [0.4, 0.5) is 5.13 Å². The SMILES string of the molecule is COCC(C)Oc1ccc2nc(NC(=O)C(C)Cl)sc2c1. The Kier molecular flexibility index (Phi) is 5.39. The third-order valence-electron chi connectivity index (χ3n) is 2.69. The summed E-state index contributed by atoms with van der Waals surface area (Å²) in [5.41, 5.74) is 0.810. The fraction of sp³-hybridized carbons (Fsp3) is 0.429. The van der Waals surface area contributed by atoms with Gasteiger partial charge in [0, 0.05) is 7.11 Å². The minimum absolute atomic E-state index is 0.0309. The molecule has 1 aromatic heterocycles. The molecular formula is C14H17ClN2O3S. The maximum absolute atomic E-state index is 11.6. The number of anilines is 1. The Morgan fingerprint density at radius 2 is 2.24 bits per heavy atom. The van der Waals surface area contributed by atoms with Gasteiger partial charge in [0.25, 0.3) is 0 Å². The molecule has 1 N–H and O–H groups in total. The molecule has 0 saturated carbocycles. The van der Waals surface area contributed by atoms with Gasteiger partial charge in [0.05, 0.1) is 16.8 Å². The van der Waals surface area contributed by atoms with Crippen LogP contribution in [0.1, 0.15) is 13.8 Å². The van der Waals surface area contributed by atoms with Crippen molar-refractivity contribution in [3.63, 3.8) is 0 Å². The van der Waals surface area contributed by atoms with Gasteiger partial charge >= 0.3 is 0 Å². The molecule has 2 unspecified atom stereocenters. The van der Waals surface area contributed by atoms with Crippen LogP contribution in [0.2, 0.25) is 0 Å². The number of ether oxygens (including phenoxy) is 2. The van der Waals surface area contributed by atoms with Gasteiger partial charge in [-0.25, -0.2) is 4.98 Å². The zero-order valence-corrected chi connectivity index (χ0v) is 13.6. The average molecular weight is 329 g/mol. The number of halogens is 1. The van der Waals surface area contributed by atoms with Crippen LogP contribution in [-0.4, -0.2) is 36.1 Å². The molecule has 0 bridgehead atoms. The van der Waals surface area contributed by atoms with E-state index in [-0.39, 0.29) is 12.0 Å². The van der Waals surface area contributed by atoms with E-state index in [2.05, 4.69) is 10.3 Å². The van der Waals surface area contributed by atoms with Crippen molar-refractivity contribution >= 4 is 44.2 Å². The summed E-state index contributed by atoms with van der Waals surface area (Å²) in [5.74, 6) is 0.486. The molecule has 0 aliphatic carbocycles. The van der Waals surface area contributed by atoms with Crippen molar-refractivity contribution in [2.24, 2.45) is 0 Å². The number of amides is 1. The summed E-state index contributed by atoms with van der Waals surface area (Å²) in [6.07, 6.45) is -0.0309. The summed E-state index contributed by atoms with van der Waals surface area (Å²) < 4.78 is 11.7. The number of fused-ring (bicyclic) bond motifs is 1. The standard InChI is InChI=1S/C14H17ClN2O3S/c1-8(7-19-3)20-10-4-5-11-12(6-10)21-14(16-11)17-13(18)9(2)15/h4-6,8-9H,7H2,1-3H3,(H,16,17,18). The van der Waals surface area contributed by atoms with Gasteiger partial charge in [0.15, 0.2) is 5.13 Å². The van der Waals surface area contributed by atoms with Crippen molar-refractivity contribution in [2.45, 2.75) is 25.3 Å². The third kappa shape index (κ3) is 4.30. The largest absolute Gasteiger partial charge is 0.488 e.